The fourth-order valence-corrected chi connectivity index (χ4v) is 2.95. The molecular formula is C16H16N2O2. The minimum Gasteiger partial charge on any atom is -0.385 e. The first kappa shape index (κ1) is 12.7. The molecule has 2 aromatic carbocycles. The van der Waals surface area contributed by atoms with E-state index in [0.717, 1.165) is 29.8 Å². The highest BCUT2D eigenvalue weighted by Gasteiger charge is 2.25. The highest BCUT2D eigenvalue weighted by molar-refractivity contribution is 5.65. The summed E-state index contributed by atoms with van der Waals surface area (Å²) in [4.78, 5) is 10.8. The van der Waals surface area contributed by atoms with Crippen LogP contribution in [0.25, 0.3) is 0 Å². The van der Waals surface area contributed by atoms with E-state index in [2.05, 4.69) is 17.4 Å². The lowest BCUT2D eigenvalue weighted by Crippen LogP contribution is -2.19. The Labute approximate surface area is 117 Å². The average Bonchev–Trinajstić information content (AvgIpc) is 2.47. The van der Waals surface area contributed by atoms with Crippen LogP contribution in [0.1, 0.15) is 29.0 Å². The number of aryl methyl sites for hydroxylation is 1. The lowest BCUT2D eigenvalue weighted by molar-refractivity contribution is -0.385. The molecule has 0 spiro atoms. The van der Waals surface area contributed by atoms with Gasteiger partial charge in [0.05, 0.1) is 4.92 Å². The molecule has 1 N–H and O–H groups in total. The van der Waals surface area contributed by atoms with Crippen molar-refractivity contribution >= 4 is 11.4 Å². The van der Waals surface area contributed by atoms with Gasteiger partial charge in [0.25, 0.3) is 5.69 Å². The quantitative estimate of drug-likeness (QED) is 0.664. The molecule has 4 heteroatoms. The second-order valence-corrected chi connectivity index (χ2v) is 5.16. The molecule has 0 amide bonds. The molecule has 0 bridgehead atoms. The molecule has 1 aliphatic rings. The first-order valence-corrected chi connectivity index (χ1v) is 6.74. The first-order chi connectivity index (χ1) is 9.66. The van der Waals surface area contributed by atoms with Crippen molar-refractivity contribution in [2.24, 2.45) is 0 Å². The second-order valence-electron chi connectivity index (χ2n) is 5.16. The first-order valence-electron chi connectivity index (χ1n) is 6.74. The molecule has 1 atom stereocenters. The Balaban J connectivity index is 2.14. The average molecular weight is 268 g/mol. The number of nitro groups is 1. The van der Waals surface area contributed by atoms with E-state index in [1.54, 1.807) is 12.1 Å². The molecule has 102 valence electrons. The van der Waals surface area contributed by atoms with E-state index >= 15 is 0 Å². The molecule has 0 aromatic heterocycles. The van der Waals surface area contributed by atoms with Crippen molar-refractivity contribution in [1.29, 1.82) is 0 Å². The zero-order valence-corrected chi connectivity index (χ0v) is 11.3. The number of fused-ring (bicyclic) bond motifs is 1. The lowest BCUT2D eigenvalue weighted by Gasteiger charge is -2.28. The van der Waals surface area contributed by atoms with Gasteiger partial charge in [-0.1, -0.05) is 30.3 Å². The van der Waals surface area contributed by atoms with Crippen LogP contribution < -0.4 is 5.32 Å². The maximum atomic E-state index is 11.1. The lowest BCUT2D eigenvalue weighted by atomic mass is 9.84. The molecule has 1 aliphatic heterocycles. The number of nitro benzene ring substituents is 1. The summed E-state index contributed by atoms with van der Waals surface area (Å²) in [5.74, 6) is 0.228. The van der Waals surface area contributed by atoms with Crippen molar-refractivity contribution in [2.75, 3.05) is 11.9 Å². The Kier molecular flexibility index (Phi) is 3.14. The van der Waals surface area contributed by atoms with Crippen molar-refractivity contribution in [1.82, 2.24) is 0 Å². The van der Waals surface area contributed by atoms with Crippen LogP contribution in [0.3, 0.4) is 0 Å². The van der Waals surface area contributed by atoms with Crippen LogP contribution in [0.5, 0.6) is 0 Å². The van der Waals surface area contributed by atoms with E-state index in [1.165, 1.54) is 5.56 Å². The van der Waals surface area contributed by atoms with Crippen LogP contribution in [-0.2, 0) is 0 Å². The molecule has 3 rings (SSSR count). The van der Waals surface area contributed by atoms with Crippen LogP contribution in [-0.4, -0.2) is 11.5 Å². The predicted octanol–water partition coefficient (Wildman–Crippen LogP) is 3.85. The van der Waals surface area contributed by atoms with Crippen LogP contribution >= 0.6 is 0 Å². The van der Waals surface area contributed by atoms with Crippen LogP contribution in [0.15, 0.2) is 42.5 Å². The topological polar surface area (TPSA) is 55.2 Å². The van der Waals surface area contributed by atoms with Gasteiger partial charge in [0.1, 0.15) is 0 Å². The van der Waals surface area contributed by atoms with Crippen molar-refractivity contribution in [3.05, 3.63) is 69.3 Å². The number of benzene rings is 2. The fourth-order valence-electron chi connectivity index (χ4n) is 2.95. The van der Waals surface area contributed by atoms with Gasteiger partial charge in [0, 0.05) is 30.3 Å². The van der Waals surface area contributed by atoms with Crippen LogP contribution in [0.2, 0.25) is 0 Å². The zero-order chi connectivity index (χ0) is 14.1. The van der Waals surface area contributed by atoms with Crippen LogP contribution in [0, 0.1) is 17.0 Å². The van der Waals surface area contributed by atoms with Gasteiger partial charge in [0.2, 0.25) is 0 Å². The smallest absolute Gasteiger partial charge is 0.270 e. The molecule has 0 aliphatic carbocycles. The normalized spacial score (nSPS) is 17.1. The maximum Gasteiger partial charge on any atom is 0.270 e. The molecule has 2 aromatic rings. The number of nitrogens with zero attached hydrogens (tertiary/aromatic N) is 1. The molecule has 1 heterocycles. The number of rotatable bonds is 2. The monoisotopic (exact) mass is 268 g/mol. The van der Waals surface area contributed by atoms with E-state index in [0.29, 0.717) is 0 Å². The van der Waals surface area contributed by atoms with E-state index < -0.39 is 0 Å². The Morgan fingerprint density at radius 1 is 1.25 bits per heavy atom. The standard InChI is InChI=1S/C16H16N2O2/c1-11-9-13(18(19)20)10-15-14(7-8-17-16(11)15)12-5-3-2-4-6-12/h2-6,9-10,14,17H,7-8H2,1H3. The Morgan fingerprint density at radius 3 is 2.70 bits per heavy atom. The number of hydrogen-bond acceptors (Lipinski definition) is 3. The number of hydrogen-bond donors (Lipinski definition) is 1. The maximum absolute atomic E-state index is 11.1. The van der Waals surface area contributed by atoms with E-state index in [9.17, 15) is 10.1 Å². The van der Waals surface area contributed by atoms with Crippen molar-refractivity contribution in [2.45, 2.75) is 19.3 Å². The summed E-state index contributed by atoms with van der Waals surface area (Å²) >= 11 is 0. The van der Waals surface area contributed by atoms with Gasteiger partial charge in [-0.2, -0.15) is 0 Å². The summed E-state index contributed by atoms with van der Waals surface area (Å²) in [7, 11) is 0. The molecule has 0 saturated carbocycles. The summed E-state index contributed by atoms with van der Waals surface area (Å²) in [5.41, 5.74) is 4.42. The largest absolute Gasteiger partial charge is 0.385 e. The van der Waals surface area contributed by atoms with Crippen LogP contribution in [0.4, 0.5) is 11.4 Å². The Morgan fingerprint density at radius 2 is 2.00 bits per heavy atom. The van der Waals surface area contributed by atoms with Crippen molar-refractivity contribution in [3.63, 3.8) is 0 Å². The molecule has 4 nitrogen and oxygen atoms in total. The van der Waals surface area contributed by atoms with Gasteiger partial charge in [-0.05, 0) is 30.0 Å². The van der Waals surface area contributed by atoms with Gasteiger partial charge in [-0.15, -0.1) is 0 Å². The molecule has 0 saturated heterocycles. The third kappa shape index (κ3) is 2.13. The minimum absolute atomic E-state index is 0.172. The van der Waals surface area contributed by atoms with Gasteiger partial charge in [-0.3, -0.25) is 10.1 Å². The second kappa shape index (κ2) is 4.96. The number of anilines is 1. The Bertz CT molecular complexity index is 653. The third-order valence-electron chi connectivity index (χ3n) is 3.87. The van der Waals surface area contributed by atoms with Crippen molar-refractivity contribution in [3.8, 4) is 0 Å². The molecule has 20 heavy (non-hydrogen) atoms. The Hall–Kier alpha value is -2.36. The molecular weight excluding hydrogens is 252 g/mol. The molecule has 0 radical (unpaired) electrons. The molecule has 1 unspecified atom stereocenters. The van der Waals surface area contributed by atoms with Gasteiger partial charge in [0.15, 0.2) is 0 Å². The molecule has 0 fully saturated rings. The zero-order valence-electron chi connectivity index (χ0n) is 11.3. The van der Waals surface area contributed by atoms with Gasteiger partial charge < -0.3 is 5.32 Å². The SMILES string of the molecule is Cc1cc([N+](=O)[O-])cc2c1NCCC2c1ccccc1. The third-order valence-corrected chi connectivity index (χ3v) is 3.87. The highest BCUT2D eigenvalue weighted by atomic mass is 16.6. The summed E-state index contributed by atoms with van der Waals surface area (Å²) < 4.78 is 0. The summed E-state index contributed by atoms with van der Waals surface area (Å²) in [6.07, 6.45) is 0.956. The minimum atomic E-state index is -0.316. The predicted molar refractivity (Wildman–Crippen MR) is 79.2 cm³/mol. The summed E-state index contributed by atoms with van der Waals surface area (Å²) in [5, 5.41) is 14.4. The highest BCUT2D eigenvalue weighted by Crippen LogP contribution is 2.40. The summed E-state index contributed by atoms with van der Waals surface area (Å²) in [6, 6.07) is 13.6. The van der Waals surface area contributed by atoms with Gasteiger partial charge in [-0.25, -0.2) is 0 Å². The summed E-state index contributed by atoms with van der Waals surface area (Å²) in [6.45, 7) is 2.82. The van der Waals surface area contributed by atoms with E-state index in [4.69, 9.17) is 0 Å². The van der Waals surface area contributed by atoms with Crippen molar-refractivity contribution < 1.29 is 4.92 Å². The fraction of sp³-hybridized carbons (Fsp3) is 0.250. The number of non-ortho nitro benzene ring substituents is 1. The van der Waals surface area contributed by atoms with E-state index in [-0.39, 0.29) is 16.5 Å². The van der Waals surface area contributed by atoms with Gasteiger partial charge >= 0.3 is 0 Å². The number of nitrogens with one attached hydrogen (secondary N) is 1. The van der Waals surface area contributed by atoms with E-state index in [1.807, 2.05) is 25.1 Å².